The van der Waals surface area contributed by atoms with Crippen molar-refractivity contribution in [1.29, 1.82) is 0 Å². The molecule has 0 aromatic carbocycles. The molecule has 0 spiro atoms. The van der Waals surface area contributed by atoms with Gasteiger partial charge >= 0.3 is 6.09 Å². The van der Waals surface area contributed by atoms with Gasteiger partial charge in [0.05, 0.1) is 6.10 Å². The van der Waals surface area contributed by atoms with Gasteiger partial charge in [0.25, 0.3) is 0 Å². The Morgan fingerprint density at radius 1 is 1.26 bits per heavy atom. The van der Waals surface area contributed by atoms with Crippen molar-refractivity contribution >= 4 is 6.09 Å². The Morgan fingerprint density at radius 3 is 2.74 bits per heavy atom. The number of piperidine rings is 1. The van der Waals surface area contributed by atoms with E-state index in [1.54, 1.807) is 0 Å². The summed E-state index contributed by atoms with van der Waals surface area (Å²) >= 11 is 0. The number of hydrogen-bond acceptors (Lipinski definition) is 4. The highest BCUT2D eigenvalue weighted by Crippen LogP contribution is 2.38. The van der Waals surface area contributed by atoms with Crippen LogP contribution in [0.2, 0.25) is 0 Å². The van der Waals surface area contributed by atoms with Gasteiger partial charge in [-0.2, -0.15) is 0 Å². The first kappa shape index (κ1) is 17.0. The molecule has 3 unspecified atom stereocenters. The van der Waals surface area contributed by atoms with Gasteiger partial charge in [-0.05, 0) is 64.7 Å². The van der Waals surface area contributed by atoms with Crippen LogP contribution in [0.15, 0.2) is 0 Å². The third-order valence-electron chi connectivity index (χ3n) is 5.06. The number of carbonyl (C=O) groups is 1. The van der Waals surface area contributed by atoms with Crippen LogP contribution in [0.5, 0.6) is 0 Å². The lowest BCUT2D eigenvalue weighted by molar-refractivity contribution is 0.0162. The van der Waals surface area contributed by atoms with Crippen molar-refractivity contribution in [3.05, 3.63) is 0 Å². The van der Waals surface area contributed by atoms with E-state index in [4.69, 9.17) is 9.47 Å². The van der Waals surface area contributed by atoms with E-state index in [1.807, 2.05) is 25.7 Å². The van der Waals surface area contributed by atoms with E-state index >= 15 is 0 Å². The second-order valence-corrected chi connectivity index (χ2v) is 8.41. The molecular weight excluding hydrogens is 292 g/mol. The average molecular weight is 324 g/mol. The summed E-state index contributed by atoms with van der Waals surface area (Å²) in [6.45, 7) is 9.28. The van der Waals surface area contributed by atoms with E-state index in [-0.39, 0.29) is 6.09 Å². The molecule has 1 amide bonds. The molecule has 3 aliphatic rings. The maximum atomic E-state index is 12.2. The molecule has 5 nitrogen and oxygen atoms in total. The monoisotopic (exact) mass is 324 g/mol. The molecule has 132 valence electrons. The maximum absolute atomic E-state index is 12.2. The predicted molar refractivity (Wildman–Crippen MR) is 89.4 cm³/mol. The average Bonchev–Trinajstić information content (AvgIpc) is 3.22. The Balaban J connectivity index is 1.44. The van der Waals surface area contributed by atoms with Crippen molar-refractivity contribution in [2.75, 3.05) is 26.2 Å². The topological polar surface area (TPSA) is 50.8 Å². The molecule has 3 atom stereocenters. The number of hydrogen-bond donors (Lipinski definition) is 1. The summed E-state index contributed by atoms with van der Waals surface area (Å²) in [5, 5.41) is 3.73. The van der Waals surface area contributed by atoms with Crippen molar-refractivity contribution in [3.63, 3.8) is 0 Å². The van der Waals surface area contributed by atoms with Crippen LogP contribution in [0.1, 0.15) is 52.9 Å². The molecule has 1 aliphatic carbocycles. The molecule has 1 N–H and O–H groups in total. The van der Waals surface area contributed by atoms with Crippen molar-refractivity contribution < 1.29 is 14.3 Å². The zero-order chi connectivity index (χ0) is 16.4. The summed E-state index contributed by atoms with van der Waals surface area (Å²) < 4.78 is 11.4. The van der Waals surface area contributed by atoms with Crippen LogP contribution in [0.3, 0.4) is 0 Å². The third-order valence-corrected chi connectivity index (χ3v) is 5.06. The number of ether oxygens (including phenoxy) is 2. The first-order valence-electron chi connectivity index (χ1n) is 9.25. The van der Waals surface area contributed by atoms with E-state index in [9.17, 15) is 4.79 Å². The fraction of sp³-hybridized carbons (Fsp3) is 0.944. The van der Waals surface area contributed by atoms with E-state index in [2.05, 4.69) is 5.32 Å². The van der Waals surface area contributed by atoms with E-state index < -0.39 is 5.60 Å². The van der Waals surface area contributed by atoms with Gasteiger partial charge in [-0.25, -0.2) is 4.79 Å². The SMILES string of the molecule is CC(C)(C)OC(=O)N1CCCC(CNC2CCOC2C2CC2)C1. The Kier molecular flexibility index (Phi) is 5.16. The van der Waals surface area contributed by atoms with Gasteiger partial charge in [-0.3, -0.25) is 0 Å². The second kappa shape index (κ2) is 6.98. The van der Waals surface area contributed by atoms with Crippen LogP contribution < -0.4 is 5.32 Å². The van der Waals surface area contributed by atoms with E-state index in [1.165, 1.54) is 19.3 Å². The van der Waals surface area contributed by atoms with E-state index in [0.29, 0.717) is 18.1 Å². The zero-order valence-electron chi connectivity index (χ0n) is 14.8. The van der Waals surface area contributed by atoms with Gasteiger partial charge in [-0.1, -0.05) is 0 Å². The molecular formula is C18H32N2O3. The molecule has 2 aliphatic heterocycles. The van der Waals surface area contributed by atoms with Crippen LogP contribution in [0.4, 0.5) is 4.79 Å². The number of nitrogens with zero attached hydrogens (tertiary/aromatic N) is 1. The van der Waals surface area contributed by atoms with Crippen molar-refractivity contribution in [2.24, 2.45) is 11.8 Å². The quantitative estimate of drug-likeness (QED) is 0.864. The smallest absolute Gasteiger partial charge is 0.410 e. The fourth-order valence-electron chi connectivity index (χ4n) is 3.76. The lowest BCUT2D eigenvalue weighted by atomic mass is 9.97. The number of amides is 1. The maximum Gasteiger partial charge on any atom is 0.410 e. The Morgan fingerprint density at radius 2 is 2.04 bits per heavy atom. The lowest BCUT2D eigenvalue weighted by Gasteiger charge is -2.35. The Bertz CT molecular complexity index is 417. The third kappa shape index (κ3) is 4.83. The van der Waals surface area contributed by atoms with Gasteiger partial charge < -0.3 is 19.7 Å². The van der Waals surface area contributed by atoms with E-state index in [0.717, 1.165) is 45.0 Å². The van der Waals surface area contributed by atoms with Crippen molar-refractivity contribution in [2.45, 2.75) is 70.6 Å². The van der Waals surface area contributed by atoms with Crippen LogP contribution in [-0.4, -0.2) is 55.0 Å². The highest BCUT2D eigenvalue weighted by molar-refractivity contribution is 5.68. The minimum atomic E-state index is -0.416. The van der Waals surface area contributed by atoms with Gasteiger partial charge in [0.1, 0.15) is 5.60 Å². The number of rotatable bonds is 4. The Hall–Kier alpha value is -0.810. The van der Waals surface area contributed by atoms with Gasteiger partial charge in [0.15, 0.2) is 0 Å². The fourth-order valence-corrected chi connectivity index (χ4v) is 3.76. The van der Waals surface area contributed by atoms with Crippen LogP contribution >= 0.6 is 0 Å². The summed E-state index contributed by atoms with van der Waals surface area (Å²) in [4.78, 5) is 14.1. The summed E-state index contributed by atoms with van der Waals surface area (Å²) in [5.41, 5.74) is -0.416. The van der Waals surface area contributed by atoms with Crippen molar-refractivity contribution in [3.8, 4) is 0 Å². The predicted octanol–water partition coefficient (Wildman–Crippen LogP) is 2.79. The molecule has 0 aromatic heterocycles. The first-order chi connectivity index (χ1) is 10.9. The van der Waals surface area contributed by atoms with Gasteiger partial charge in [0, 0.05) is 32.3 Å². The lowest BCUT2D eigenvalue weighted by Crippen LogP contribution is -2.47. The molecule has 3 rings (SSSR count). The summed E-state index contributed by atoms with van der Waals surface area (Å²) in [7, 11) is 0. The highest BCUT2D eigenvalue weighted by Gasteiger charge is 2.40. The molecule has 0 aromatic rings. The standard InChI is InChI=1S/C18H32N2O3/c1-18(2,3)23-17(21)20-9-4-5-13(12-20)11-19-15-8-10-22-16(15)14-6-7-14/h13-16,19H,4-12H2,1-3H3. The molecule has 2 saturated heterocycles. The first-order valence-corrected chi connectivity index (χ1v) is 9.25. The Labute approximate surface area is 140 Å². The summed E-state index contributed by atoms with van der Waals surface area (Å²) in [6, 6.07) is 0.513. The highest BCUT2D eigenvalue weighted by atomic mass is 16.6. The number of likely N-dealkylation sites (tertiary alicyclic amines) is 1. The zero-order valence-corrected chi connectivity index (χ0v) is 14.8. The molecule has 5 heteroatoms. The van der Waals surface area contributed by atoms with Crippen LogP contribution in [0.25, 0.3) is 0 Å². The molecule has 0 radical (unpaired) electrons. The van der Waals surface area contributed by atoms with Crippen molar-refractivity contribution in [1.82, 2.24) is 10.2 Å². The molecule has 1 saturated carbocycles. The van der Waals surface area contributed by atoms with Gasteiger partial charge in [0.2, 0.25) is 0 Å². The number of nitrogens with one attached hydrogen (secondary N) is 1. The summed E-state index contributed by atoms with van der Waals surface area (Å²) in [6.07, 6.45) is 6.32. The molecule has 23 heavy (non-hydrogen) atoms. The largest absolute Gasteiger partial charge is 0.444 e. The minimum absolute atomic E-state index is 0.165. The normalized spacial score (nSPS) is 32.1. The molecule has 0 bridgehead atoms. The molecule has 3 fully saturated rings. The van der Waals surface area contributed by atoms with Crippen LogP contribution in [0, 0.1) is 11.8 Å². The van der Waals surface area contributed by atoms with Gasteiger partial charge in [-0.15, -0.1) is 0 Å². The summed E-state index contributed by atoms with van der Waals surface area (Å²) in [5.74, 6) is 1.32. The van der Waals surface area contributed by atoms with Crippen LogP contribution in [-0.2, 0) is 9.47 Å². The minimum Gasteiger partial charge on any atom is -0.444 e. The second-order valence-electron chi connectivity index (χ2n) is 8.41. The number of carbonyl (C=O) groups excluding carboxylic acids is 1. The molecule has 2 heterocycles.